The van der Waals surface area contributed by atoms with Gasteiger partial charge in [0.05, 0.1) is 4.92 Å². The molecule has 1 amide bonds. The van der Waals surface area contributed by atoms with Gasteiger partial charge in [0, 0.05) is 24.1 Å². The van der Waals surface area contributed by atoms with Crippen molar-refractivity contribution in [1.82, 2.24) is 5.32 Å². The van der Waals surface area contributed by atoms with E-state index in [4.69, 9.17) is 4.42 Å². The minimum absolute atomic E-state index is 0.0235. The summed E-state index contributed by atoms with van der Waals surface area (Å²) in [5.41, 5.74) is 0.820. The zero-order valence-corrected chi connectivity index (χ0v) is 12.2. The van der Waals surface area contributed by atoms with Gasteiger partial charge in [-0.05, 0) is 25.5 Å². The minimum Gasteiger partial charge on any atom is -0.455 e. The summed E-state index contributed by atoms with van der Waals surface area (Å²) >= 11 is 0. The number of carbonyl (C=O) groups excluding carboxylic acids is 1. The average Bonchev–Trinajstić information content (AvgIpc) is 2.93. The van der Waals surface area contributed by atoms with Crippen molar-refractivity contribution in [2.75, 3.05) is 6.54 Å². The van der Waals surface area contributed by atoms with E-state index >= 15 is 0 Å². The second-order valence-electron chi connectivity index (χ2n) is 4.57. The molecule has 8 nitrogen and oxygen atoms in total. The summed E-state index contributed by atoms with van der Waals surface area (Å²) in [7, 11) is 0. The van der Waals surface area contributed by atoms with Gasteiger partial charge in [0.15, 0.2) is 5.76 Å². The molecule has 0 saturated carbocycles. The van der Waals surface area contributed by atoms with Crippen molar-refractivity contribution >= 4 is 28.5 Å². The SMILES string of the molecule is CCCNC(=O)ON=C(C)c1cc2cc([N+](=O)[O-])ccc2o1. The van der Waals surface area contributed by atoms with Gasteiger partial charge in [-0.2, -0.15) is 0 Å². The largest absolute Gasteiger partial charge is 0.455 e. The van der Waals surface area contributed by atoms with Crippen LogP contribution in [0, 0.1) is 10.1 Å². The molecule has 0 aliphatic carbocycles. The third-order valence-corrected chi connectivity index (χ3v) is 2.85. The molecule has 2 aromatic rings. The first kappa shape index (κ1) is 15.5. The topological polar surface area (TPSA) is 107 Å². The first-order chi connectivity index (χ1) is 10.5. The average molecular weight is 305 g/mol. The fraction of sp³-hybridized carbons (Fsp3) is 0.286. The molecule has 2 rings (SSSR count). The Kier molecular flexibility index (Phi) is 4.72. The molecule has 0 fully saturated rings. The fourth-order valence-corrected chi connectivity index (χ4v) is 1.74. The number of oxime groups is 1. The lowest BCUT2D eigenvalue weighted by Gasteiger charge is -2.00. The summed E-state index contributed by atoms with van der Waals surface area (Å²) in [5.74, 6) is 0.374. The predicted molar refractivity (Wildman–Crippen MR) is 79.9 cm³/mol. The molecule has 0 bridgehead atoms. The number of hydrogen-bond donors (Lipinski definition) is 1. The van der Waals surface area contributed by atoms with E-state index in [1.807, 2.05) is 6.92 Å². The van der Waals surface area contributed by atoms with Crippen molar-refractivity contribution in [3.05, 3.63) is 40.1 Å². The van der Waals surface area contributed by atoms with Crippen molar-refractivity contribution in [1.29, 1.82) is 0 Å². The molecule has 22 heavy (non-hydrogen) atoms. The summed E-state index contributed by atoms with van der Waals surface area (Å²) in [4.78, 5) is 26.2. The van der Waals surface area contributed by atoms with Gasteiger partial charge in [0.25, 0.3) is 5.69 Å². The van der Waals surface area contributed by atoms with Crippen molar-refractivity contribution < 1.29 is 19.0 Å². The van der Waals surface area contributed by atoms with Gasteiger partial charge in [0.2, 0.25) is 0 Å². The lowest BCUT2D eigenvalue weighted by atomic mass is 10.2. The summed E-state index contributed by atoms with van der Waals surface area (Å²) in [6.45, 7) is 4.03. The first-order valence-electron chi connectivity index (χ1n) is 6.69. The van der Waals surface area contributed by atoms with E-state index in [2.05, 4.69) is 15.3 Å². The number of nitrogens with one attached hydrogen (secondary N) is 1. The predicted octanol–water partition coefficient (Wildman–Crippen LogP) is 3.20. The highest BCUT2D eigenvalue weighted by molar-refractivity contribution is 5.99. The number of nitro groups is 1. The second-order valence-corrected chi connectivity index (χ2v) is 4.57. The van der Waals surface area contributed by atoms with E-state index < -0.39 is 11.0 Å². The highest BCUT2D eigenvalue weighted by Crippen LogP contribution is 2.24. The van der Waals surface area contributed by atoms with Crippen LogP contribution in [0.5, 0.6) is 0 Å². The van der Waals surface area contributed by atoms with Gasteiger partial charge in [-0.3, -0.25) is 15.0 Å². The van der Waals surface area contributed by atoms with Crippen LogP contribution in [0.15, 0.2) is 33.8 Å². The normalized spacial score (nSPS) is 11.5. The van der Waals surface area contributed by atoms with Crippen LogP contribution < -0.4 is 5.32 Å². The number of non-ortho nitro benzene ring substituents is 1. The Morgan fingerprint density at radius 1 is 1.45 bits per heavy atom. The molecule has 1 N–H and O–H groups in total. The molecule has 1 heterocycles. The van der Waals surface area contributed by atoms with Crippen LogP contribution >= 0.6 is 0 Å². The quantitative estimate of drug-likeness (QED) is 0.395. The van der Waals surface area contributed by atoms with E-state index in [-0.39, 0.29) is 5.69 Å². The molecule has 0 atom stereocenters. The highest BCUT2D eigenvalue weighted by atomic mass is 16.7. The highest BCUT2D eigenvalue weighted by Gasteiger charge is 2.12. The van der Waals surface area contributed by atoms with Crippen LogP contribution in [0.4, 0.5) is 10.5 Å². The summed E-state index contributed by atoms with van der Waals surface area (Å²) in [5, 5.41) is 17.5. The van der Waals surface area contributed by atoms with Crippen LogP contribution in [-0.2, 0) is 4.84 Å². The van der Waals surface area contributed by atoms with Crippen molar-refractivity contribution in [3.63, 3.8) is 0 Å². The number of rotatable bonds is 5. The molecular weight excluding hydrogens is 290 g/mol. The molecule has 0 spiro atoms. The molecule has 0 radical (unpaired) electrons. The molecule has 8 heteroatoms. The zero-order valence-electron chi connectivity index (χ0n) is 12.2. The monoisotopic (exact) mass is 305 g/mol. The molecular formula is C14H15N3O5. The lowest BCUT2D eigenvalue weighted by molar-refractivity contribution is -0.384. The maximum absolute atomic E-state index is 11.3. The number of hydrogen-bond acceptors (Lipinski definition) is 6. The smallest absolute Gasteiger partial charge is 0.433 e. The molecule has 0 aliphatic rings. The van der Waals surface area contributed by atoms with Crippen molar-refractivity contribution in [2.45, 2.75) is 20.3 Å². The van der Waals surface area contributed by atoms with E-state index in [1.165, 1.54) is 18.2 Å². The molecule has 1 aromatic heterocycles. The van der Waals surface area contributed by atoms with Crippen molar-refractivity contribution in [2.24, 2.45) is 5.16 Å². The maximum atomic E-state index is 11.3. The number of furan rings is 1. The van der Waals surface area contributed by atoms with Gasteiger partial charge in [-0.25, -0.2) is 4.79 Å². The van der Waals surface area contributed by atoms with Crippen LogP contribution in [-0.4, -0.2) is 23.3 Å². The Hall–Kier alpha value is -2.90. The summed E-state index contributed by atoms with van der Waals surface area (Å²) in [6, 6.07) is 5.88. The Balaban J connectivity index is 2.16. The lowest BCUT2D eigenvalue weighted by Crippen LogP contribution is -2.23. The number of fused-ring (bicyclic) bond motifs is 1. The van der Waals surface area contributed by atoms with Crippen LogP contribution in [0.3, 0.4) is 0 Å². The molecule has 116 valence electrons. The fourth-order valence-electron chi connectivity index (χ4n) is 1.74. The van der Waals surface area contributed by atoms with Gasteiger partial charge >= 0.3 is 6.09 Å². The van der Waals surface area contributed by atoms with E-state index in [1.54, 1.807) is 13.0 Å². The van der Waals surface area contributed by atoms with Crippen LogP contribution in [0.25, 0.3) is 11.0 Å². The van der Waals surface area contributed by atoms with Crippen molar-refractivity contribution in [3.8, 4) is 0 Å². The van der Waals surface area contributed by atoms with Crippen LogP contribution in [0.1, 0.15) is 26.0 Å². The Bertz CT molecular complexity index is 735. The summed E-state index contributed by atoms with van der Waals surface area (Å²) in [6.07, 6.45) is 0.146. The number of nitro benzene ring substituents is 1. The van der Waals surface area contributed by atoms with E-state index in [0.717, 1.165) is 6.42 Å². The summed E-state index contributed by atoms with van der Waals surface area (Å²) < 4.78 is 5.51. The zero-order chi connectivity index (χ0) is 16.1. The Labute approximate surface area is 125 Å². The first-order valence-corrected chi connectivity index (χ1v) is 6.69. The second kappa shape index (κ2) is 6.70. The molecule has 0 aliphatic heterocycles. The number of benzene rings is 1. The van der Waals surface area contributed by atoms with E-state index in [0.29, 0.717) is 29.0 Å². The molecule has 1 aromatic carbocycles. The standard InChI is InChI=1S/C14H15N3O5/c1-3-6-15-14(18)22-16-9(2)13-8-10-7-11(17(19)20)4-5-12(10)21-13/h4-5,7-8H,3,6H2,1-2H3,(H,15,18). The number of nitrogens with zero attached hydrogens (tertiary/aromatic N) is 2. The van der Waals surface area contributed by atoms with Gasteiger partial charge in [-0.1, -0.05) is 12.1 Å². The third-order valence-electron chi connectivity index (χ3n) is 2.85. The maximum Gasteiger partial charge on any atom is 0.433 e. The Morgan fingerprint density at radius 3 is 2.91 bits per heavy atom. The molecule has 0 unspecified atom stereocenters. The Morgan fingerprint density at radius 2 is 2.23 bits per heavy atom. The van der Waals surface area contributed by atoms with Gasteiger partial charge in [-0.15, -0.1) is 0 Å². The molecule has 0 saturated heterocycles. The van der Waals surface area contributed by atoms with Crippen LogP contribution in [0.2, 0.25) is 0 Å². The van der Waals surface area contributed by atoms with Gasteiger partial charge in [0.1, 0.15) is 11.3 Å². The van der Waals surface area contributed by atoms with Gasteiger partial charge < -0.3 is 9.73 Å². The minimum atomic E-state index is -0.645. The van der Waals surface area contributed by atoms with E-state index in [9.17, 15) is 14.9 Å². The third kappa shape index (κ3) is 3.60. The number of carbonyl (C=O) groups is 1. The number of amides is 1.